The predicted molar refractivity (Wildman–Crippen MR) is 73.4 cm³/mol. The van der Waals surface area contributed by atoms with Crippen LogP contribution in [0.5, 0.6) is 0 Å². The fraction of sp³-hybridized carbons (Fsp3) is 0.286. The van der Waals surface area contributed by atoms with Gasteiger partial charge >= 0.3 is 5.97 Å². The van der Waals surface area contributed by atoms with E-state index in [1.165, 1.54) is 0 Å². The average Bonchev–Trinajstić information content (AvgIpc) is 2.74. The Morgan fingerprint density at radius 1 is 1.37 bits per heavy atom. The molecule has 0 saturated heterocycles. The Bertz CT molecular complexity index is 576. The molecule has 0 aliphatic carbocycles. The highest BCUT2D eigenvalue weighted by Crippen LogP contribution is 2.14. The van der Waals surface area contributed by atoms with Crippen LogP contribution in [0.15, 0.2) is 30.3 Å². The van der Waals surface area contributed by atoms with E-state index in [1.54, 1.807) is 24.7 Å². The number of aromatic nitrogens is 2. The van der Waals surface area contributed by atoms with E-state index in [1.807, 2.05) is 24.3 Å². The second kappa shape index (κ2) is 5.89. The number of aryl methyl sites for hydroxylation is 1. The van der Waals surface area contributed by atoms with Crippen molar-refractivity contribution in [2.24, 2.45) is 7.05 Å². The highest BCUT2D eigenvalue weighted by atomic mass is 35.5. The Kier molecular flexibility index (Phi) is 4.22. The second-order valence-corrected chi connectivity index (χ2v) is 4.60. The number of rotatable bonds is 4. The maximum absolute atomic E-state index is 11.7. The number of esters is 1. The quantitative estimate of drug-likeness (QED) is 0.808. The summed E-state index contributed by atoms with van der Waals surface area (Å²) < 4.78 is 6.52. The van der Waals surface area contributed by atoms with Crippen LogP contribution in [0.2, 0.25) is 5.02 Å². The zero-order valence-corrected chi connectivity index (χ0v) is 11.6. The van der Waals surface area contributed by atoms with Crippen molar-refractivity contribution in [1.82, 2.24) is 9.78 Å². The lowest BCUT2D eigenvalue weighted by molar-refractivity contribution is 0.0513. The van der Waals surface area contributed by atoms with Crippen LogP contribution in [0.25, 0.3) is 0 Å². The van der Waals surface area contributed by atoms with Gasteiger partial charge in [0.05, 0.1) is 12.3 Å². The van der Waals surface area contributed by atoms with E-state index >= 15 is 0 Å². The van der Waals surface area contributed by atoms with Crippen LogP contribution in [-0.2, 0) is 18.2 Å². The van der Waals surface area contributed by atoms with Crippen molar-refractivity contribution in [2.75, 3.05) is 6.61 Å². The van der Waals surface area contributed by atoms with Crippen LogP contribution in [-0.4, -0.2) is 22.4 Å². The number of carbonyl (C=O) groups excluding carboxylic acids is 1. The van der Waals surface area contributed by atoms with Gasteiger partial charge in [-0.1, -0.05) is 23.7 Å². The molecule has 1 aromatic heterocycles. The minimum atomic E-state index is -0.347. The zero-order valence-electron chi connectivity index (χ0n) is 10.9. The summed E-state index contributed by atoms with van der Waals surface area (Å²) in [6.45, 7) is 2.14. The third-order valence-electron chi connectivity index (χ3n) is 2.71. The van der Waals surface area contributed by atoms with Crippen molar-refractivity contribution < 1.29 is 9.53 Å². The number of hydrogen-bond donors (Lipinski definition) is 0. The van der Waals surface area contributed by atoms with Crippen LogP contribution < -0.4 is 0 Å². The molecule has 100 valence electrons. The maximum atomic E-state index is 11.7. The fourth-order valence-corrected chi connectivity index (χ4v) is 1.95. The molecule has 0 spiro atoms. The van der Waals surface area contributed by atoms with E-state index in [9.17, 15) is 4.79 Å². The first-order valence-corrected chi connectivity index (χ1v) is 6.42. The molecule has 1 aromatic carbocycles. The molecule has 0 aliphatic rings. The van der Waals surface area contributed by atoms with E-state index in [0.29, 0.717) is 23.7 Å². The Morgan fingerprint density at radius 2 is 2.05 bits per heavy atom. The van der Waals surface area contributed by atoms with Crippen LogP contribution >= 0.6 is 11.6 Å². The van der Waals surface area contributed by atoms with Gasteiger partial charge < -0.3 is 4.74 Å². The molecule has 0 unspecified atom stereocenters. The number of halogens is 1. The van der Waals surface area contributed by atoms with Gasteiger partial charge in [-0.2, -0.15) is 5.10 Å². The molecule has 0 N–H and O–H groups in total. The molecule has 0 bridgehead atoms. The summed E-state index contributed by atoms with van der Waals surface area (Å²) in [5.74, 6) is -0.347. The molecule has 0 saturated carbocycles. The van der Waals surface area contributed by atoms with Gasteiger partial charge in [0, 0.05) is 18.5 Å². The Morgan fingerprint density at radius 3 is 2.68 bits per heavy atom. The number of benzene rings is 1. The fourth-order valence-electron chi connectivity index (χ4n) is 1.82. The second-order valence-electron chi connectivity index (χ2n) is 4.17. The summed E-state index contributed by atoms with van der Waals surface area (Å²) in [5.41, 5.74) is 2.39. The largest absolute Gasteiger partial charge is 0.461 e. The van der Waals surface area contributed by atoms with Crippen LogP contribution in [0, 0.1) is 0 Å². The summed E-state index contributed by atoms with van der Waals surface area (Å²) in [5, 5.41) is 5.02. The Balaban J connectivity index is 2.16. The van der Waals surface area contributed by atoms with Gasteiger partial charge in [0.2, 0.25) is 0 Å². The van der Waals surface area contributed by atoms with Crippen LogP contribution in [0.1, 0.15) is 28.7 Å². The monoisotopic (exact) mass is 278 g/mol. The molecule has 0 atom stereocenters. The van der Waals surface area contributed by atoms with Crippen molar-refractivity contribution >= 4 is 17.6 Å². The Hall–Kier alpha value is -1.81. The molecule has 2 rings (SSSR count). The first-order chi connectivity index (χ1) is 9.10. The topological polar surface area (TPSA) is 44.1 Å². The molecule has 0 aliphatic heterocycles. The van der Waals surface area contributed by atoms with Gasteiger partial charge in [-0.25, -0.2) is 4.79 Å². The van der Waals surface area contributed by atoms with Crippen molar-refractivity contribution in [1.29, 1.82) is 0 Å². The molecular weight excluding hydrogens is 264 g/mol. The normalized spacial score (nSPS) is 10.5. The first-order valence-electron chi connectivity index (χ1n) is 6.04. The lowest BCUT2D eigenvalue weighted by Gasteiger charge is -2.00. The van der Waals surface area contributed by atoms with E-state index in [2.05, 4.69) is 5.10 Å². The molecule has 5 heteroatoms. The number of carbonyl (C=O) groups is 1. The Labute approximate surface area is 116 Å². The minimum Gasteiger partial charge on any atom is -0.461 e. The lowest BCUT2D eigenvalue weighted by atomic mass is 10.1. The number of ether oxygens (including phenoxy) is 1. The molecular formula is C14H15ClN2O2. The van der Waals surface area contributed by atoms with Crippen molar-refractivity contribution in [3.63, 3.8) is 0 Å². The van der Waals surface area contributed by atoms with Gasteiger partial charge in [-0.3, -0.25) is 4.68 Å². The minimum absolute atomic E-state index is 0.347. The van der Waals surface area contributed by atoms with Gasteiger partial charge in [-0.05, 0) is 30.7 Å². The molecule has 0 radical (unpaired) electrons. The molecule has 4 nitrogen and oxygen atoms in total. The molecule has 0 amide bonds. The van der Waals surface area contributed by atoms with Crippen molar-refractivity contribution in [3.8, 4) is 0 Å². The number of nitrogens with zero attached hydrogens (tertiary/aromatic N) is 2. The standard InChI is InChI=1S/C14H15ClN2O2/c1-3-19-14(18)13-9-12(16-17(13)2)8-10-4-6-11(15)7-5-10/h4-7,9H,3,8H2,1-2H3. The summed E-state index contributed by atoms with van der Waals surface area (Å²) in [6, 6.07) is 9.33. The van der Waals surface area contributed by atoms with Crippen molar-refractivity contribution in [3.05, 3.63) is 52.3 Å². The van der Waals surface area contributed by atoms with Gasteiger partial charge in [-0.15, -0.1) is 0 Å². The third kappa shape index (κ3) is 3.35. The van der Waals surface area contributed by atoms with Gasteiger partial charge in [0.15, 0.2) is 0 Å². The van der Waals surface area contributed by atoms with Gasteiger partial charge in [0.1, 0.15) is 5.69 Å². The summed E-state index contributed by atoms with van der Waals surface area (Å²) in [4.78, 5) is 11.7. The third-order valence-corrected chi connectivity index (χ3v) is 2.97. The number of hydrogen-bond acceptors (Lipinski definition) is 3. The molecule has 0 fully saturated rings. The summed E-state index contributed by atoms with van der Waals surface area (Å²) in [6.07, 6.45) is 0.657. The summed E-state index contributed by atoms with van der Waals surface area (Å²) in [7, 11) is 1.73. The predicted octanol–water partition coefficient (Wildman–Crippen LogP) is 2.84. The van der Waals surface area contributed by atoms with Crippen molar-refractivity contribution in [2.45, 2.75) is 13.3 Å². The smallest absolute Gasteiger partial charge is 0.356 e. The molecule has 19 heavy (non-hydrogen) atoms. The molecule has 1 heterocycles. The maximum Gasteiger partial charge on any atom is 0.356 e. The SMILES string of the molecule is CCOC(=O)c1cc(Cc2ccc(Cl)cc2)nn1C. The van der Waals surface area contributed by atoms with Crippen LogP contribution in [0.3, 0.4) is 0 Å². The average molecular weight is 279 g/mol. The van der Waals surface area contributed by atoms with E-state index in [0.717, 1.165) is 11.3 Å². The highest BCUT2D eigenvalue weighted by Gasteiger charge is 2.14. The van der Waals surface area contributed by atoms with E-state index in [4.69, 9.17) is 16.3 Å². The lowest BCUT2D eigenvalue weighted by Crippen LogP contribution is -2.10. The first kappa shape index (κ1) is 13.6. The summed E-state index contributed by atoms with van der Waals surface area (Å²) >= 11 is 5.84. The molecule has 2 aromatic rings. The van der Waals surface area contributed by atoms with Crippen LogP contribution in [0.4, 0.5) is 0 Å². The van der Waals surface area contributed by atoms with E-state index < -0.39 is 0 Å². The van der Waals surface area contributed by atoms with Gasteiger partial charge in [0.25, 0.3) is 0 Å². The highest BCUT2D eigenvalue weighted by molar-refractivity contribution is 6.30. The zero-order chi connectivity index (χ0) is 13.8. The van der Waals surface area contributed by atoms with E-state index in [-0.39, 0.29) is 5.97 Å².